The molecule has 3 fully saturated rings. The third-order valence-corrected chi connectivity index (χ3v) is 5.20. The lowest BCUT2D eigenvalue weighted by Crippen LogP contribution is -2.66. The van der Waals surface area contributed by atoms with Gasteiger partial charge in [0.05, 0.1) is 5.01 Å². The molecule has 0 radical (unpaired) electrons. The van der Waals surface area contributed by atoms with Crippen LogP contribution in [0.4, 0.5) is 0 Å². The van der Waals surface area contributed by atoms with Crippen LogP contribution >= 0.6 is 11.3 Å². The first-order valence-corrected chi connectivity index (χ1v) is 5.95. The Labute approximate surface area is 83.2 Å². The molecule has 3 aliphatic rings. The second-order valence-electron chi connectivity index (χ2n) is 5.16. The van der Waals surface area contributed by atoms with Gasteiger partial charge in [-0.15, -0.1) is 11.3 Å². The third-order valence-electron chi connectivity index (χ3n) is 4.18. The molecule has 3 saturated carbocycles. The van der Waals surface area contributed by atoms with Crippen molar-refractivity contribution in [3.63, 3.8) is 0 Å². The van der Waals surface area contributed by atoms with Crippen molar-refractivity contribution in [2.24, 2.45) is 11.3 Å². The van der Waals surface area contributed by atoms with Gasteiger partial charge >= 0.3 is 0 Å². The normalized spacial score (nSPS) is 41.5. The first kappa shape index (κ1) is 7.98. The molecule has 0 aromatic carbocycles. The lowest BCUT2D eigenvalue weighted by atomic mass is 9.32. The molecule has 1 aromatic heterocycles. The van der Waals surface area contributed by atoms with E-state index in [-0.39, 0.29) is 0 Å². The van der Waals surface area contributed by atoms with Gasteiger partial charge in [-0.05, 0) is 30.6 Å². The summed E-state index contributed by atoms with van der Waals surface area (Å²) >= 11 is 1.84. The Morgan fingerprint density at radius 2 is 2.08 bits per heavy atom. The highest BCUT2D eigenvalue weighted by atomic mass is 32.1. The lowest BCUT2D eigenvalue weighted by molar-refractivity contribution is -0.172. The largest absolute Gasteiger partial charge is 0.249 e. The van der Waals surface area contributed by atoms with E-state index in [2.05, 4.69) is 24.2 Å². The molecule has 0 atom stereocenters. The summed E-state index contributed by atoms with van der Waals surface area (Å²) in [6.45, 7) is 4.73. The fourth-order valence-electron chi connectivity index (χ4n) is 3.19. The Bertz CT molecular complexity index is 306. The van der Waals surface area contributed by atoms with Gasteiger partial charge in [0.2, 0.25) is 0 Å². The highest BCUT2D eigenvalue weighted by Crippen LogP contribution is 2.76. The number of hydrogen-bond donors (Lipinski definition) is 0. The van der Waals surface area contributed by atoms with Crippen LogP contribution in [0.2, 0.25) is 0 Å². The summed E-state index contributed by atoms with van der Waals surface area (Å²) in [5.41, 5.74) is 1.25. The monoisotopic (exact) mass is 193 g/mol. The number of hydrogen-bond acceptors (Lipinski definition) is 2. The fraction of sp³-hybridized carbons (Fsp3) is 0.727. The molecule has 0 saturated heterocycles. The van der Waals surface area contributed by atoms with E-state index < -0.39 is 0 Å². The van der Waals surface area contributed by atoms with Gasteiger partial charge in [0.1, 0.15) is 0 Å². The Hall–Kier alpha value is -0.370. The molecule has 2 heteroatoms. The zero-order chi connectivity index (χ0) is 9.10. The molecule has 1 aromatic rings. The van der Waals surface area contributed by atoms with Crippen LogP contribution in [0.25, 0.3) is 0 Å². The van der Waals surface area contributed by atoms with E-state index in [0.29, 0.717) is 10.8 Å². The fourth-order valence-corrected chi connectivity index (χ4v) is 4.03. The van der Waals surface area contributed by atoms with Crippen LogP contribution in [0.15, 0.2) is 11.6 Å². The molecule has 0 spiro atoms. The van der Waals surface area contributed by atoms with E-state index in [9.17, 15) is 0 Å². The second-order valence-corrected chi connectivity index (χ2v) is 6.06. The molecule has 2 bridgehead atoms. The van der Waals surface area contributed by atoms with Gasteiger partial charge in [-0.2, -0.15) is 0 Å². The molecule has 0 amide bonds. The van der Waals surface area contributed by atoms with Gasteiger partial charge in [0.15, 0.2) is 0 Å². The van der Waals surface area contributed by atoms with Crippen molar-refractivity contribution < 1.29 is 0 Å². The van der Waals surface area contributed by atoms with Crippen LogP contribution in [-0.4, -0.2) is 4.98 Å². The Morgan fingerprint density at radius 1 is 1.38 bits per heavy atom. The van der Waals surface area contributed by atoms with Crippen molar-refractivity contribution in [1.82, 2.24) is 4.98 Å². The third kappa shape index (κ3) is 0.804. The average molecular weight is 193 g/mol. The summed E-state index contributed by atoms with van der Waals surface area (Å²) in [5, 5.41) is 3.51. The minimum absolute atomic E-state index is 0.540. The molecule has 0 N–H and O–H groups in total. The SMILES string of the molecule is CC(C)C12CC(c3nccs3)(C1)C2. The van der Waals surface area contributed by atoms with E-state index in [1.807, 2.05) is 17.5 Å². The van der Waals surface area contributed by atoms with Crippen molar-refractivity contribution in [2.45, 2.75) is 38.5 Å². The van der Waals surface area contributed by atoms with Gasteiger partial charge < -0.3 is 0 Å². The van der Waals surface area contributed by atoms with Crippen LogP contribution in [0.1, 0.15) is 38.1 Å². The molecule has 1 heterocycles. The standard InChI is InChI=1S/C11H15NS/c1-8(2)10-5-11(6-10,7-10)9-12-3-4-13-9/h3-4,8H,5-7H2,1-2H3. The van der Waals surface area contributed by atoms with Gasteiger partial charge in [-0.3, -0.25) is 0 Å². The van der Waals surface area contributed by atoms with Gasteiger partial charge in [0.25, 0.3) is 0 Å². The minimum atomic E-state index is 0.540. The van der Waals surface area contributed by atoms with E-state index in [4.69, 9.17) is 0 Å². The highest BCUT2D eigenvalue weighted by molar-refractivity contribution is 7.09. The maximum absolute atomic E-state index is 4.46. The Balaban J connectivity index is 1.81. The number of rotatable bonds is 2. The molecule has 70 valence electrons. The zero-order valence-corrected chi connectivity index (χ0v) is 9.03. The first-order valence-electron chi connectivity index (χ1n) is 5.07. The van der Waals surface area contributed by atoms with Crippen LogP contribution in [0, 0.1) is 11.3 Å². The maximum Gasteiger partial charge on any atom is 0.0987 e. The van der Waals surface area contributed by atoms with Crippen molar-refractivity contribution in [3.05, 3.63) is 16.6 Å². The number of nitrogens with zero attached hydrogens (tertiary/aromatic N) is 1. The number of aromatic nitrogens is 1. The predicted octanol–water partition coefficient (Wildman–Crippen LogP) is 3.22. The summed E-state index contributed by atoms with van der Waals surface area (Å²) in [4.78, 5) is 4.46. The molecular weight excluding hydrogens is 178 g/mol. The molecule has 0 unspecified atom stereocenters. The van der Waals surface area contributed by atoms with Gasteiger partial charge in [-0.25, -0.2) is 4.98 Å². The van der Waals surface area contributed by atoms with E-state index in [0.717, 1.165) is 5.92 Å². The average Bonchev–Trinajstić information content (AvgIpc) is 2.31. The molecule has 0 aliphatic heterocycles. The summed E-state index contributed by atoms with van der Waals surface area (Å²) in [6.07, 6.45) is 6.17. The lowest BCUT2D eigenvalue weighted by Gasteiger charge is -2.72. The van der Waals surface area contributed by atoms with Crippen molar-refractivity contribution in [2.75, 3.05) is 0 Å². The van der Waals surface area contributed by atoms with Crippen molar-refractivity contribution in [3.8, 4) is 0 Å². The van der Waals surface area contributed by atoms with Crippen LogP contribution in [-0.2, 0) is 5.41 Å². The minimum Gasteiger partial charge on any atom is -0.249 e. The topological polar surface area (TPSA) is 12.9 Å². The van der Waals surface area contributed by atoms with Gasteiger partial charge in [0, 0.05) is 17.0 Å². The Morgan fingerprint density at radius 3 is 2.54 bits per heavy atom. The van der Waals surface area contributed by atoms with Crippen LogP contribution in [0.3, 0.4) is 0 Å². The summed E-state index contributed by atoms with van der Waals surface area (Å²) in [7, 11) is 0. The van der Waals surface area contributed by atoms with Crippen LogP contribution < -0.4 is 0 Å². The Kier molecular flexibility index (Phi) is 1.33. The van der Waals surface area contributed by atoms with E-state index >= 15 is 0 Å². The summed E-state index contributed by atoms with van der Waals surface area (Å²) < 4.78 is 0. The first-order chi connectivity index (χ1) is 6.17. The smallest absolute Gasteiger partial charge is 0.0987 e. The summed E-state index contributed by atoms with van der Waals surface area (Å²) in [5.74, 6) is 0.870. The zero-order valence-electron chi connectivity index (χ0n) is 8.21. The van der Waals surface area contributed by atoms with Crippen molar-refractivity contribution >= 4 is 11.3 Å². The molecule has 1 nitrogen and oxygen atoms in total. The van der Waals surface area contributed by atoms with Crippen molar-refractivity contribution in [1.29, 1.82) is 0 Å². The maximum atomic E-state index is 4.46. The second kappa shape index (κ2) is 2.17. The summed E-state index contributed by atoms with van der Waals surface area (Å²) in [6, 6.07) is 0. The van der Waals surface area contributed by atoms with E-state index in [1.165, 1.54) is 24.3 Å². The molecule has 13 heavy (non-hydrogen) atoms. The quantitative estimate of drug-likeness (QED) is 0.702. The predicted molar refractivity (Wildman–Crippen MR) is 54.9 cm³/mol. The highest BCUT2D eigenvalue weighted by Gasteiger charge is 2.70. The number of thiazole rings is 1. The van der Waals surface area contributed by atoms with E-state index in [1.54, 1.807) is 0 Å². The van der Waals surface area contributed by atoms with Crippen LogP contribution in [0.5, 0.6) is 0 Å². The molecule has 3 aliphatic carbocycles. The molecule has 4 rings (SSSR count). The van der Waals surface area contributed by atoms with Gasteiger partial charge in [-0.1, -0.05) is 13.8 Å². The molecular formula is C11H15NS.